The van der Waals surface area contributed by atoms with E-state index in [4.69, 9.17) is 0 Å². The zero-order chi connectivity index (χ0) is 12.8. The average Bonchev–Trinajstić information content (AvgIpc) is 2.85. The highest BCUT2D eigenvalue weighted by atomic mass is 32.2. The molecule has 0 aromatic carbocycles. The van der Waals surface area contributed by atoms with Crippen molar-refractivity contribution in [2.75, 3.05) is 12.3 Å². The molecule has 1 fully saturated rings. The molecule has 1 unspecified atom stereocenters. The molecule has 1 aliphatic rings. The van der Waals surface area contributed by atoms with Crippen LogP contribution in [0.3, 0.4) is 0 Å². The van der Waals surface area contributed by atoms with Gasteiger partial charge in [-0.05, 0) is 17.9 Å². The van der Waals surface area contributed by atoms with Crippen LogP contribution in [-0.2, 0) is 15.3 Å². The minimum atomic E-state index is 0.0534. The Hall–Kier alpha value is -1.01. The van der Waals surface area contributed by atoms with E-state index in [9.17, 15) is 9.59 Å². The molecule has 2 amide bonds. The topological polar surface area (TPSA) is 58.2 Å². The van der Waals surface area contributed by atoms with E-state index < -0.39 is 0 Å². The highest BCUT2D eigenvalue weighted by Gasteiger charge is 2.19. The van der Waals surface area contributed by atoms with Gasteiger partial charge in [-0.3, -0.25) is 9.59 Å². The predicted octanol–water partition coefficient (Wildman–Crippen LogP) is 1.38. The molecule has 1 aromatic rings. The molecule has 4 nitrogen and oxygen atoms in total. The Kier molecular flexibility index (Phi) is 5.07. The van der Waals surface area contributed by atoms with Crippen molar-refractivity contribution < 1.29 is 9.59 Å². The predicted molar refractivity (Wildman–Crippen MR) is 74.7 cm³/mol. The van der Waals surface area contributed by atoms with E-state index >= 15 is 0 Å². The number of carbonyl (C=O) groups is 2. The minimum absolute atomic E-state index is 0.0534. The molecule has 0 radical (unpaired) electrons. The largest absolute Gasteiger partial charge is 0.354 e. The van der Waals surface area contributed by atoms with Crippen LogP contribution in [-0.4, -0.2) is 30.2 Å². The molecule has 0 aliphatic carbocycles. The van der Waals surface area contributed by atoms with Crippen molar-refractivity contribution in [2.24, 2.45) is 0 Å². The maximum absolute atomic E-state index is 11.7. The van der Waals surface area contributed by atoms with Crippen LogP contribution in [0.25, 0.3) is 0 Å². The maximum atomic E-state index is 11.7. The third kappa shape index (κ3) is 4.34. The summed E-state index contributed by atoms with van der Waals surface area (Å²) in [7, 11) is 0. The maximum Gasteiger partial charge on any atom is 0.230 e. The van der Waals surface area contributed by atoms with Crippen molar-refractivity contribution >= 4 is 34.9 Å². The second-order valence-corrected chi connectivity index (χ2v) is 6.20. The summed E-state index contributed by atoms with van der Waals surface area (Å²) >= 11 is 3.33. The molecule has 2 heterocycles. The van der Waals surface area contributed by atoms with Crippen LogP contribution in [0, 0.1) is 0 Å². The molecular weight excluding hydrogens is 268 g/mol. The van der Waals surface area contributed by atoms with Gasteiger partial charge in [0.2, 0.25) is 11.8 Å². The van der Waals surface area contributed by atoms with Gasteiger partial charge in [0.05, 0.1) is 5.75 Å². The fourth-order valence-electron chi connectivity index (χ4n) is 1.76. The number of thiophene rings is 1. The minimum Gasteiger partial charge on any atom is -0.354 e. The third-order valence-electron chi connectivity index (χ3n) is 2.69. The van der Waals surface area contributed by atoms with Crippen molar-refractivity contribution in [3.05, 3.63) is 22.4 Å². The number of carbonyl (C=O) groups excluding carboxylic acids is 2. The number of hydrogen-bond donors (Lipinski definition) is 2. The molecular formula is C12H16N2O2S2. The Morgan fingerprint density at radius 3 is 3.17 bits per heavy atom. The lowest BCUT2D eigenvalue weighted by Gasteiger charge is -2.23. The first-order valence-corrected chi connectivity index (χ1v) is 7.93. The summed E-state index contributed by atoms with van der Waals surface area (Å²) in [6.45, 7) is 0.556. The van der Waals surface area contributed by atoms with Crippen LogP contribution in [0.5, 0.6) is 0 Å². The van der Waals surface area contributed by atoms with Gasteiger partial charge in [0.1, 0.15) is 0 Å². The van der Waals surface area contributed by atoms with Gasteiger partial charge in [-0.2, -0.15) is 0 Å². The molecule has 2 rings (SSSR count). The van der Waals surface area contributed by atoms with Crippen LogP contribution in [0.2, 0.25) is 0 Å². The Morgan fingerprint density at radius 1 is 1.61 bits per heavy atom. The fourth-order valence-corrected chi connectivity index (χ4v) is 3.44. The lowest BCUT2D eigenvalue weighted by atomic mass is 10.1. The number of amides is 2. The fraction of sp³-hybridized carbons (Fsp3) is 0.500. The number of hydrogen-bond acceptors (Lipinski definition) is 4. The number of thioether (sulfide) groups is 1. The van der Waals surface area contributed by atoms with Gasteiger partial charge in [0.25, 0.3) is 0 Å². The summed E-state index contributed by atoms with van der Waals surface area (Å²) < 4.78 is 0. The van der Waals surface area contributed by atoms with Crippen molar-refractivity contribution in [3.8, 4) is 0 Å². The summed E-state index contributed by atoms with van der Waals surface area (Å²) in [6.07, 6.45) is 1.25. The zero-order valence-corrected chi connectivity index (χ0v) is 11.6. The smallest absolute Gasteiger partial charge is 0.230 e. The second kappa shape index (κ2) is 6.80. The van der Waals surface area contributed by atoms with Crippen LogP contribution in [0.15, 0.2) is 17.5 Å². The lowest BCUT2D eigenvalue weighted by molar-refractivity contribution is -0.124. The van der Waals surface area contributed by atoms with Crippen LogP contribution in [0.4, 0.5) is 0 Å². The quantitative estimate of drug-likeness (QED) is 0.859. The summed E-state index contributed by atoms with van der Waals surface area (Å²) in [5.74, 6) is 1.49. The molecule has 0 saturated carbocycles. The van der Waals surface area contributed by atoms with Crippen molar-refractivity contribution in [3.63, 3.8) is 0 Å². The summed E-state index contributed by atoms with van der Waals surface area (Å²) in [4.78, 5) is 23.9. The van der Waals surface area contributed by atoms with Crippen molar-refractivity contribution in [2.45, 2.75) is 24.6 Å². The Morgan fingerprint density at radius 2 is 2.50 bits per heavy atom. The van der Waals surface area contributed by atoms with E-state index in [1.54, 1.807) is 23.1 Å². The molecule has 1 aromatic heterocycles. The highest BCUT2D eigenvalue weighted by molar-refractivity contribution is 7.99. The lowest BCUT2D eigenvalue weighted by Crippen LogP contribution is -2.48. The zero-order valence-electron chi connectivity index (χ0n) is 9.98. The first kappa shape index (κ1) is 13.4. The normalized spacial score (nSPS) is 19.3. The summed E-state index contributed by atoms with van der Waals surface area (Å²) in [5.41, 5.74) is 0. The Bertz CT molecular complexity index is 396. The van der Waals surface area contributed by atoms with E-state index in [0.717, 1.165) is 12.2 Å². The number of rotatable bonds is 5. The molecule has 2 N–H and O–H groups in total. The molecule has 1 atom stereocenters. The number of piperidine rings is 1. The Balaban J connectivity index is 1.61. The second-order valence-electron chi connectivity index (χ2n) is 4.18. The van der Waals surface area contributed by atoms with E-state index in [1.165, 1.54) is 4.88 Å². The van der Waals surface area contributed by atoms with E-state index in [-0.39, 0.29) is 17.9 Å². The standard InChI is InChI=1S/C12H16N2O2S2/c15-11-4-3-9(6-13-11)14-12(16)8-17-7-10-2-1-5-18-10/h1-2,5,9H,3-4,6-8H2,(H,13,15)(H,14,16). The summed E-state index contributed by atoms with van der Waals surface area (Å²) in [5, 5.41) is 7.75. The van der Waals surface area contributed by atoms with Gasteiger partial charge in [0.15, 0.2) is 0 Å². The van der Waals surface area contributed by atoms with Crippen LogP contribution >= 0.6 is 23.1 Å². The van der Waals surface area contributed by atoms with E-state index in [0.29, 0.717) is 18.7 Å². The SMILES string of the molecule is O=C1CCC(NC(=O)CSCc2cccs2)CN1. The third-order valence-corrected chi connectivity index (χ3v) is 4.73. The van der Waals surface area contributed by atoms with Gasteiger partial charge >= 0.3 is 0 Å². The van der Waals surface area contributed by atoms with Gasteiger partial charge in [0, 0.05) is 29.6 Å². The van der Waals surface area contributed by atoms with E-state index in [1.807, 2.05) is 11.4 Å². The van der Waals surface area contributed by atoms with Gasteiger partial charge in [-0.1, -0.05) is 6.07 Å². The molecule has 1 aliphatic heterocycles. The molecule has 98 valence electrons. The first-order valence-electron chi connectivity index (χ1n) is 5.90. The molecule has 0 bridgehead atoms. The molecule has 18 heavy (non-hydrogen) atoms. The summed E-state index contributed by atoms with van der Waals surface area (Å²) in [6, 6.07) is 4.19. The monoisotopic (exact) mass is 284 g/mol. The van der Waals surface area contributed by atoms with Gasteiger partial charge < -0.3 is 10.6 Å². The highest BCUT2D eigenvalue weighted by Crippen LogP contribution is 2.16. The Labute approximate surface area is 115 Å². The molecule has 1 saturated heterocycles. The van der Waals surface area contributed by atoms with E-state index in [2.05, 4.69) is 16.7 Å². The molecule has 0 spiro atoms. The van der Waals surface area contributed by atoms with Gasteiger partial charge in [-0.15, -0.1) is 23.1 Å². The average molecular weight is 284 g/mol. The van der Waals surface area contributed by atoms with Crippen molar-refractivity contribution in [1.82, 2.24) is 10.6 Å². The molecule has 6 heteroatoms. The van der Waals surface area contributed by atoms with Crippen LogP contribution < -0.4 is 10.6 Å². The van der Waals surface area contributed by atoms with Crippen LogP contribution in [0.1, 0.15) is 17.7 Å². The first-order chi connectivity index (χ1) is 8.74. The van der Waals surface area contributed by atoms with Crippen molar-refractivity contribution in [1.29, 1.82) is 0 Å². The number of nitrogens with one attached hydrogen (secondary N) is 2. The van der Waals surface area contributed by atoms with Gasteiger partial charge in [-0.25, -0.2) is 0 Å².